The van der Waals surface area contributed by atoms with E-state index in [0.29, 0.717) is 66.1 Å². The van der Waals surface area contributed by atoms with Gasteiger partial charge >= 0.3 is 17.8 Å². The van der Waals surface area contributed by atoms with Crippen molar-refractivity contribution in [3.63, 3.8) is 0 Å². The number of hydrogen-bond acceptors (Lipinski definition) is 10. The highest BCUT2D eigenvalue weighted by Crippen LogP contribution is 2.67. The van der Waals surface area contributed by atoms with Crippen LogP contribution < -0.4 is 9.47 Å². The van der Waals surface area contributed by atoms with E-state index >= 15 is 26.3 Å². The second-order valence-corrected chi connectivity index (χ2v) is 19.6. The Morgan fingerprint density at radius 3 is 1.04 bits per heavy atom. The van der Waals surface area contributed by atoms with Crippen molar-refractivity contribution in [2.75, 3.05) is 92.5 Å². The van der Waals surface area contributed by atoms with Crippen molar-refractivity contribution in [3.8, 4) is 34.1 Å². The van der Waals surface area contributed by atoms with Crippen LogP contribution in [0.25, 0.3) is 55.7 Å². The average Bonchev–Trinajstić information content (AvgIpc) is 3.94. The van der Waals surface area contributed by atoms with Gasteiger partial charge in [-0.05, 0) is 60.1 Å². The van der Waals surface area contributed by atoms with Crippen molar-refractivity contribution in [1.82, 2.24) is 0 Å². The number of alkyl halides is 6. The first-order valence-electron chi connectivity index (χ1n) is 24.7. The number of ether oxygens (including phenoxy) is 8. The summed E-state index contributed by atoms with van der Waals surface area (Å²) in [6.07, 6.45) is 0. The summed E-state index contributed by atoms with van der Waals surface area (Å²) in [5.74, 6) is -17.0. The summed E-state index contributed by atoms with van der Waals surface area (Å²) in [5.41, 5.74) is -3.13. The van der Waals surface area contributed by atoms with Crippen LogP contribution in [0.15, 0.2) is 93.8 Å². The Kier molecular flexibility index (Phi) is 17.8. The van der Waals surface area contributed by atoms with Gasteiger partial charge in [-0.25, -0.2) is 0 Å². The van der Waals surface area contributed by atoms with E-state index in [-0.39, 0.29) is 93.3 Å². The summed E-state index contributed by atoms with van der Waals surface area (Å²) in [5, 5.41) is -0.246. The van der Waals surface area contributed by atoms with Crippen molar-refractivity contribution in [2.24, 2.45) is 0 Å². The zero-order chi connectivity index (χ0) is 52.6. The molecule has 2 heterocycles. The van der Waals surface area contributed by atoms with E-state index in [2.05, 4.69) is 0 Å². The summed E-state index contributed by atoms with van der Waals surface area (Å²) >= 11 is 0. The van der Waals surface area contributed by atoms with E-state index in [1.807, 2.05) is 55.4 Å². The molecule has 0 spiro atoms. The molecule has 16 heteroatoms. The standard InChI is InChI=1S/C57H66F6O10/c1-9-64-23-25-66-27-29-68-31-33-70-41-19-21-43-45(35-41)72-51(37-11-15-39(16-12-37)53(3,4)5)47(43)49-50(56(60,61)57(62,63)55(49,58)59)48-44-22-20-42(71-34-32-69-30-28-67-26-24-65-10-2)36-46(44)73-52(48)38-13-17-40(18-14-38)54(6,7)8/h11-22,35-36H,9-10,23-34H2,1-8H3. The fraction of sp³-hybridized carbons (Fsp3) is 0.474. The molecule has 2 aromatic heterocycles. The van der Waals surface area contributed by atoms with E-state index in [0.717, 1.165) is 11.1 Å². The number of furan rings is 2. The Bertz CT molecular complexity index is 2590. The molecule has 7 rings (SSSR count). The van der Waals surface area contributed by atoms with Crippen molar-refractivity contribution in [1.29, 1.82) is 0 Å². The first-order valence-corrected chi connectivity index (χ1v) is 24.7. The molecule has 4 aromatic carbocycles. The van der Waals surface area contributed by atoms with Gasteiger partial charge in [0.05, 0.1) is 66.1 Å². The zero-order valence-electron chi connectivity index (χ0n) is 42.8. The van der Waals surface area contributed by atoms with Gasteiger partial charge in [-0.2, -0.15) is 26.3 Å². The molecule has 1 aliphatic rings. The van der Waals surface area contributed by atoms with Crippen LogP contribution in [0.2, 0.25) is 0 Å². The fourth-order valence-corrected chi connectivity index (χ4v) is 8.47. The van der Waals surface area contributed by atoms with Gasteiger partial charge in [0.15, 0.2) is 0 Å². The Hall–Kier alpha value is -5.36. The normalized spacial score (nSPS) is 15.5. The molecule has 396 valence electrons. The van der Waals surface area contributed by atoms with Crippen LogP contribution in [-0.4, -0.2) is 110 Å². The van der Waals surface area contributed by atoms with Gasteiger partial charge in [0, 0.05) is 69.5 Å². The third-order valence-corrected chi connectivity index (χ3v) is 12.4. The highest BCUT2D eigenvalue weighted by atomic mass is 19.3. The van der Waals surface area contributed by atoms with E-state index in [4.69, 9.17) is 46.7 Å². The number of hydrogen-bond donors (Lipinski definition) is 0. The molecule has 1 aliphatic carbocycles. The summed E-state index contributed by atoms with van der Waals surface area (Å²) in [6.45, 7) is 20.4. The Balaban J connectivity index is 1.34. The van der Waals surface area contributed by atoms with Crippen LogP contribution in [0.3, 0.4) is 0 Å². The average molecular weight is 1030 g/mol. The van der Waals surface area contributed by atoms with Crippen molar-refractivity contribution < 1.29 is 73.1 Å². The molecule has 0 aliphatic heterocycles. The van der Waals surface area contributed by atoms with Crippen LogP contribution >= 0.6 is 0 Å². The third-order valence-electron chi connectivity index (χ3n) is 12.4. The minimum atomic E-state index is -5.92. The van der Waals surface area contributed by atoms with Crippen molar-refractivity contribution in [3.05, 3.63) is 107 Å². The molecule has 10 nitrogen and oxygen atoms in total. The molecule has 0 atom stereocenters. The second-order valence-electron chi connectivity index (χ2n) is 19.6. The number of allylic oxidation sites excluding steroid dienone is 2. The first kappa shape index (κ1) is 55.4. The molecule has 0 saturated carbocycles. The van der Waals surface area contributed by atoms with Crippen LogP contribution in [0, 0.1) is 0 Å². The molecule has 6 aromatic rings. The Labute approximate surface area is 422 Å². The molecule has 73 heavy (non-hydrogen) atoms. The second kappa shape index (κ2) is 23.5. The molecule has 0 radical (unpaired) electrons. The highest BCUT2D eigenvalue weighted by Gasteiger charge is 2.81. The lowest BCUT2D eigenvalue weighted by molar-refractivity contribution is -0.254. The van der Waals surface area contributed by atoms with Gasteiger partial charge in [0.2, 0.25) is 0 Å². The van der Waals surface area contributed by atoms with Gasteiger partial charge in [-0.1, -0.05) is 90.1 Å². The third kappa shape index (κ3) is 12.3. The largest absolute Gasteiger partial charge is 0.491 e. The van der Waals surface area contributed by atoms with Gasteiger partial charge in [-0.15, -0.1) is 0 Å². The van der Waals surface area contributed by atoms with Crippen molar-refractivity contribution in [2.45, 2.75) is 84.0 Å². The molecular formula is C57H66F6O10. The van der Waals surface area contributed by atoms with Crippen LogP contribution in [0.5, 0.6) is 11.5 Å². The molecular weight excluding hydrogens is 959 g/mol. The van der Waals surface area contributed by atoms with Gasteiger partial charge in [0.1, 0.15) is 47.4 Å². The quantitative estimate of drug-likeness (QED) is 0.0386. The van der Waals surface area contributed by atoms with Crippen LogP contribution in [0.4, 0.5) is 26.3 Å². The highest BCUT2D eigenvalue weighted by molar-refractivity contribution is 6.15. The monoisotopic (exact) mass is 1020 g/mol. The van der Waals surface area contributed by atoms with Gasteiger partial charge < -0.3 is 46.7 Å². The number of benzene rings is 4. The number of fused-ring (bicyclic) bond motifs is 2. The van der Waals surface area contributed by atoms with Crippen LogP contribution in [0.1, 0.15) is 77.6 Å². The lowest BCUT2D eigenvalue weighted by Gasteiger charge is -2.26. The Morgan fingerprint density at radius 1 is 0.411 bits per heavy atom. The summed E-state index contributed by atoms with van der Waals surface area (Å²) in [7, 11) is 0. The molecule has 0 N–H and O–H groups in total. The molecule has 0 amide bonds. The minimum Gasteiger partial charge on any atom is -0.491 e. The van der Waals surface area contributed by atoms with E-state index in [1.165, 1.54) is 36.4 Å². The maximum Gasteiger partial charge on any atom is 0.380 e. The first-order chi connectivity index (χ1) is 34.7. The molecule has 0 bridgehead atoms. The van der Waals surface area contributed by atoms with E-state index in [9.17, 15) is 0 Å². The molecule has 0 saturated heterocycles. The lowest BCUT2D eigenvalue weighted by atomic mass is 9.85. The smallest absolute Gasteiger partial charge is 0.380 e. The van der Waals surface area contributed by atoms with E-state index < -0.39 is 40.0 Å². The fourth-order valence-electron chi connectivity index (χ4n) is 8.47. The van der Waals surface area contributed by atoms with Crippen molar-refractivity contribution >= 4 is 33.1 Å². The lowest BCUT2D eigenvalue weighted by Crippen LogP contribution is -2.48. The predicted octanol–water partition coefficient (Wildman–Crippen LogP) is 13.8. The maximum atomic E-state index is 17.2. The zero-order valence-corrected chi connectivity index (χ0v) is 42.8. The van der Waals surface area contributed by atoms with E-state index in [1.54, 1.807) is 48.5 Å². The molecule has 0 fully saturated rings. The number of halogens is 6. The topological polar surface area (TPSA) is 100 Å². The summed E-state index contributed by atoms with van der Waals surface area (Å²) < 4.78 is 159. The SMILES string of the molecule is CCOCCOCCOCCOc1ccc2c(C3=C(c4c(-c5ccc(C(C)(C)C)cc5)oc5cc(OCCOCCOCCOCC)ccc45)C(F)(F)C(F)(F)C3(F)F)c(-c3ccc(C(C)(C)C)cc3)oc2c1. The van der Waals surface area contributed by atoms with Gasteiger partial charge in [0.25, 0.3) is 0 Å². The van der Waals surface area contributed by atoms with Crippen LogP contribution in [-0.2, 0) is 39.3 Å². The predicted molar refractivity (Wildman–Crippen MR) is 270 cm³/mol. The minimum absolute atomic E-state index is 0.0675. The molecule has 0 unspecified atom stereocenters. The Morgan fingerprint density at radius 2 is 0.726 bits per heavy atom. The maximum absolute atomic E-state index is 17.2. The number of rotatable bonds is 26. The summed E-state index contributed by atoms with van der Waals surface area (Å²) in [4.78, 5) is 0. The van der Waals surface area contributed by atoms with Gasteiger partial charge in [-0.3, -0.25) is 0 Å². The summed E-state index contributed by atoms with van der Waals surface area (Å²) in [6, 6.07) is 21.8.